The fraction of sp³-hybridized carbons (Fsp3) is 0.241. The number of benzene rings is 2. The highest BCUT2D eigenvalue weighted by atomic mass is 19.4. The SMILES string of the molecule is O=C(c1cc(-c2ccncc2)n(-c2cccc(C(F)(F)F)c2)n1)N1CCC2(CC1)C(=O)NCN2c1ccccc1. The van der Waals surface area contributed by atoms with Gasteiger partial charge < -0.3 is 15.1 Å². The summed E-state index contributed by atoms with van der Waals surface area (Å²) in [6.45, 7) is 1.06. The van der Waals surface area contributed by atoms with Gasteiger partial charge in [0.15, 0.2) is 5.69 Å². The van der Waals surface area contributed by atoms with Crippen molar-refractivity contribution in [2.24, 2.45) is 0 Å². The van der Waals surface area contributed by atoms with Gasteiger partial charge in [0.1, 0.15) is 5.54 Å². The molecule has 4 heterocycles. The second kappa shape index (κ2) is 9.82. The van der Waals surface area contributed by atoms with E-state index in [1.54, 1.807) is 35.5 Å². The van der Waals surface area contributed by atoms with Crippen LogP contribution in [-0.4, -0.2) is 56.8 Å². The number of alkyl halides is 3. The van der Waals surface area contributed by atoms with Crippen LogP contribution in [0.15, 0.2) is 85.2 Å². The number of piperidine rings is 1. The maximum Gasteiger partial charge on any atom is 0.416 e. The number of anilines is 1. The fourth-order valence-electron chi connectivity index (χ4n) is 5.50. The first-order chi connectivity index (χ1) is 19.3. The first-order valence-electron chi connectivity index (χ1n) is 12.8. The molecule has 2 aromatic carbocycles. The second-order valence-corrected chi connectivity index (χ2v) is 9.86. The minimum absolute atomic E-state index is 0.0581. The van der Waals surface area contributed by atoms with E-state index in [0.717, 1.165) is 17.8 Å². The number of nitrogens with zero attached hydrogens (tertiary/aromatic N) is 5. The van der Waals surface area contributed by atoms with Gasteiger partial charge in [-0.15, -0.1) is 0 Å². The van der Waals surface area contributed by atoms with Crippen LogP contribution in [0.3, 0.4) is 0 Å². The predicted octanol–water partition coefficient (Wildman–Crippen LogP) is 4.52. The number of hydrogen-bond donors (Lipinski definition) is 1. The van der Waals surface area contributed by atoms with Crippen LogP contribution in [0, 0.1) is 0 Å². The third-order valence-electron chi connectivity index (χ3n) is 7.61. The number of carbonyl (C=O) groups excluding carboxylic acids is 2. The first kappa shape index (κ1) is 25.6. The number of hydrogen-bond acceptors (Lipinski definition) is 5. The molecular formula is C29H25F3N6O2. The van der Waals surface area contributed by atoms with Gasteiger partial charge in [-0.1, -0.05) is 24.3 Å². The normalized spacial score (nSPS) is 16.8. The Bertz CT molecular complexity index is 1550. The molecule has 0 radical (unpaired) electrons. The Morgan fingerprint density at radius 1 is 0.900 bits per heavy atom. The Morgan fingerprint density at radius 3 is 2.30 bits per heavy atom. The summed E-state index contributed by atoms with van der Waals surface area (Å²) >= 11 is 0. The van der Waals surface area contributed by atoms with Crippen LogP contribution in [0.5, 0.6) is 0 Å². The highest BCUT2D eigenvalue weighted by Gasteiger charge is 2.51. The van der Waals surface area contributed by atoms with Crippen LogP contribution in [0.4, 0.5) is 18.9 Å². The van der Waals surface area contributed by atoms with Crippen LogP contribution in [0.1, 0.15) is 28.9 Å². The average molecular weight is 547 g/mol. The van der Waals surface area contributed by atoms with Gasteiger partial charge in [-0.25, -0.2) is 4.68 Å². The average Bonchev–Trinajstić information content (AvgIpc) is 3.56. The van der Waals surface area contributed by atoms with Crippen molar-refractivity contribution >= 4 is 17.5 Å². The van der Waals surface area contributed by atoms with Crippen LogP contribution in [0.2, 0.25) is 0 Å². The van der Waals surface area contributed by atoms with E-state index in [1.165, 1.54) is 16.8 Å². The van der Waals surface area contributed by atoms with E-state index in [4.69, 9.17) is 0 Å². The van der Waals surface area contributed by atoms with E-state index in [-0.39, 0.29) is 23.2 Å². The Balaban J connectivity index is 1.29. The molecule has 2 aromatic heterocycles. The van der Waals surface area contributed by atoms with Gasteiger partial charge in [0.2, 0.25) is 5.91 Å². The maximum absolute atomic E-state index is 13.6. The molecule has 0 saturated carbocycles. The Labute approximate surface area is 228 Å². The van der Waals surface area contributed by atoms with Crippen molar-refractivity contribution in [3.8, 4) is 16.9 Å². The number of aromatic nitrogens is 3. The fourth-order valence-corrected chi connectivity index (χ4v) is 5.50. The van der Waals surface area contributed by atoms with Gasteiger partial charge in [0.25, 0.3) is 5.91 Å². The quantitative estimate of drug-likeness (QED) is 0.407. The Morgan fingerprint density at radius 2 is 1.60 bits per heavy atom. The molecule has 204 valence electrons. The van der Waals surface area contributed by atoms with Crippen molar-refractivity contribution < 1.29 is 22.8 Å². The molecule has 40 heavy (non-hydrogen) atoms. The van der Waals surface area contributed by atoms with E-state index in [9.17, 15) is 22.8 Å². The molecule has 2 aliphatic rings. The summed E-state index contributed by atoms with van der Waals surface area (Å²) in [5.74, 6) is -0.405. The summed E-state index contributed by atoms with van der Waals surface area (Å²) in [6.07, 6.45) is -0.524. The molecule has 0 unspecified atom stereocenters. The Kier molecular flexibility index (Phi) is 6.28. The van der Waals surface area contributed by atoms with Crippen molar-refractivity contribution in [2.75, 3.05) is 24.7 Å². The molecule has 0 atom stereocenters. The molecule has 2 saturated heterocycles. The van der Waals surface area contributed by atoms with Crippen LogP contribution < -0.4 is 10.2 Å². The number of carbonyl (C=O) groups is 2. The monoisotopic (exact) mass is 546 g/mol. The minimum Gasteiger partial charge on any atom is -0.339 e. The Hall–Kier alpha value is -4.67. The minimum atomic E-state index is -4.53. The molecule has 11 heteroatoms. The van der Waals surface area contributed by atoms with Gasteiger partial charge in [-0.2, -0.15) is 18.3 Å². The molecule has 4 aromatic rings. The number of pyridine rings is 1. The number of rotatable bonds is 4. The van der Waals surface area contributed by atoms with Gasteiger partial charge in [-0.3, -0.25) is 14.6 Å². The zero-order valence-electron chi connectivity index (χ0n) is 21.3. The van der Waals surface area contributed by atoms with Crippen LogP contribution >= 0.6 is 0 Å². The largest absolute Gasteiger partial charge is 0.416 e. The van der Waals surface area contributed by atoms with Gasteiger partial charge in [0, 0.05) is 36.7 Å². The highest BCUT2D eigenvalue weighted by molar-refractivity contribution is 5.96. The summed E-state index contributed by atoms with van der Waals surface area (Å²) < 4.78 is 41.7. The van der Waals surface area contributed by atoms with E-state index >= 15 is 0 Å². The molecule has 8 nitrogen and oxygen atoms in total. The molecule has 0 bridgehead atoms. The smallest absolute Gasteiger partial charge is 0.339 e. The summed E-state index contributed by atoms with van der Waals surface area (Å²) in [5, 5.41) is 7.42. The standard InChI is InChI=1S/C29H25F3N6O2/c30-29(31,32)21-5-4-8-23(17-21)38-25(20-9-13-33-14-10-20)18-24(35-38)26(39)36-15-11-28(12-16-36)27(40)34-19-37(28)22-6-2-1-3-7-22/h1-10,13-14,17-18H,11-12,15-16,19H2,(H,34,40). The zero-order chi connectivity index (χ0) is 27.9. The summed E-state index contributed by atoms with van der Waals surface area (Å²) in [6, 6.07) is 19.5. The molecule has 2 aliphatic heterocycles. The summed E-state index contributed by atoms with van der Waals surface area (Å²) in [7, 11) is 0. The molecule has 1 spiro atoms. The summed E-state index contributed by atoms with van der Waals surface area (Å²) in [4.78, 5) is 34.3. The molecule has 1 N–H and O–H groups in total. The molecule has 6 rings (SSSR count). The second-order valence-electron chi connectivity index (χ2n) is 9.86. The zero-order valence-corrected chi connectivity index (χ0v) is 21.3. The van der Waals surface area contributed by atoms with Gasteiger partial charge in [0.05, 0.1) is 23.6 Å². The third-order valence-corrected chi connectivity index (χ3v) is 7.61. The number of amides is 2. The number of nitrogens with one attached hydrogen (secondary N) is 1. The van der Waals surface area contributed by atoms with Crippen molar-refractivity contribution in [2.45, 2.75) is 24.6 Å². The number of para-hydroxylation sites is 1. The van der Waals surface area contributed by atoms with Crippen molar-refractivity contribution in [3.05, 3.63) is 96.4 Å². The van der Waals surface area contributed by atoms with E-state index in [0.29, 0.717) is 43.9 Å². The van der Waals surface area contributed by atoms with Crippen LogP contribution in [-0.2, 0) is 11.0 Å². The molecule has 2 amide bonds. The highest BCUT2D eigenvalue weighted by Crippen LogP contribution is 2.37. The molecule has 0 aliphatic carbocycles. The molecular weight excluding hydrogens is 521 g/mol. The van der Waals surface area contributed by atoms with E-state index in [1.807, 2.05) is 30.3 Å². The first-order valence-corrected chi connectivity index (χ1v) is 12.8. The van der Waals surface area contributed by atoms with Gasteiger partial charge >= 0.3 is 6.18 Å². The number of likely N-dealkylation sites (tertiary alicyclic amines) is 1. The third kappa shape index (κ3) is 4.47. The maximum atomic E-state index is 13.6. The lowest BCUT2D eigenvalue weighted by atomic mass is 9.85. The van der Waals surface area contributed by atoms with Crippen molar-refractivity contribution in [3.63, 3.8) is 0 Å². The molecule has 2 fully saturated rings. The summed E-state index contributed by atoms with van der Waals surface area (Å²) in [5.41, 5.74) is 0.769. The lowest BCUT2D eigenvalue weighted by molar-refractivity contribution is -0.137. The lowest BCUT2D eigenvalue weighted by Crippen LogP contribution is -2.57. The topological polar surface area (TPSA) is 83.4 Å². The lowest BCUT2D eigenvalue weighted by Gasteiger charge is -2.43. The predicted molar refractivity (Wildman–Crippen MR) is 142 cm³/mol. The number of halogens is 3. The van der Waals surface area contributed by atoms with Crippen LogP contribution in [0.25, 0.3) is 16.9 Å². The van der Waals surface area contributed by atoms with E-state index in [2.05, 4.69) is 20.3 Å². The van der Waals surface area contributed by atoms with Crippen molar-refractivity contribution in [1.29, 1.82) is 0 Å². The van der Waals surface area contributed by atoms with Crippen molar-refractivity contribution in [1.82, 2.24) is 25.0 Å². The van der Waals surface area contributed by atoms with E-state index < -0.39 is 17.3 Å². The van der Waals surface area contributed by atoms with Gasteiger partial charge in [-0.05, 0) is 61.4 Å².